The highest BCUT2D eigenvalue weighted by Crippen LogP contribution is 2.28. The molecular formula is C20H26N4O. The first kappa shape index (κ1) is 16.3. The molecule has 3 aromatic rings. The summed E-state index contributed by atoms with van der Waals surface area (Å²) in [6.07, 6.45) is 4.04. The van der Waals surface area contributed by atoms with Gasteiger partial charge < -0.3 is 9.40 Å². The number of aromatic nitrogens is 3. The Balaban J connectivity index is 1.37. The van der Waals surface area contributed by atoms with Gasteiger partial charge in [-0.05, 0) is 38.1 Å². The SMILES string of the molecule is CC(C)(C)c1coc(CN2CCC(c3nc4ccccc4[nH]3)CC2)n1. The number of hydrogen-bond acceptors (Lipinski definition) is 4. The van der Waals surface area contributed by atoms with Crippen molar-refractivity contribution in [1.82, 2.24) is 19.9 Å². The van der Waals surface area contributed by atoms with Crippen LogP contribution in [0.2, 0.25) is 0 Å². The molecule has 0 radical (unpaired) electrons. The first-order valence-corrected chi connectivity index (χ1v) is 9.11. The molecule has 0 unspecified atom stereocenters. The van der Waals surface area contributed by atoms with Gasteiger partial charge in [-0.2, -0.15) is 0 Å². The Morgan fingerprint density at radius 1 is 1.16 bits per heavy atom. The number of benzene rings is 1. The summed E-state index contributed by atoms with van der Waals surface area (Å²) in [6, 6.07) is 8.25. The molecule has 1 aromatic carbocycles. The minimum absolute atomic E-state index is 0.0377. The van der Waals surface area contributed by atoms with Gasteiger partial charge in [-0.25, -0.2) is 9.97 Å². The molecule has 0 bridgehead atoms. The van der Waals surface area contributed by atoms with Crippen LogP contribution in [0.3, 0.4) is 0 Å². The van der Waals surface area contributed by atoms with Crippen LogP contribution in [0.25, 0.3) is 11.0 Å². The number of nitrogens with zero attached hydrogens (tertiary/aromatic N) is 3. The van der Waals surface area contributed by atoms with Crippen molar-refractivity contribution in [3.8, 4) is 0 Å². The van der Waals surface area contributed by atoms with Crippen LogP contribution >= 0.6 is 0 Å². The second kappa shape index (κ2) is 6.30. The van der Waals surface area contributed by atoms with Crippen LogP contribution in [0.5, 0.6) is 0 Å². The lowest BCUT2D eigenvalue weighted by molar-refractivity contribution is 0.185. The topological polar surface area (TPSA) is 58.0 Å². The van der Waals surface area contributed by atoms with Crippen molar-refractivity contribution in [1.29, 1.82) is 0 Å². The van der Waals surface area contributed by atoms with Crippen LogP contribution < -0.4 is 0 Å². The molecule has 5 nitrogen and oxygen atoms in total. The van der Waals surface area contributed by atoms with Crippen LogP contribution in [-0.4, -0.2) is 32.9 Å². The Hall–Kier alpha value is -2.14. The lowest BCUT2D eigenvalue weighted by atomic mass is 9.93. The Morgan fingerprint density at radius 3 is 2.60 bits per heavy atom. The first-order chi connectivity index (χ1) is 12.0. The summed E-state index contributed by atoms with van der Waals surface area (Å²) in [6.45, 7) is 9.38. The van der Waals surface area contributed by atoms with Crippen molar-refractivity contribution in [3.05, 3.63) is 47.9 Å². The molecule has 1 fully saturated rings. The highest BCUT2D eigenvalue weighted by Gasteiger charge is 2.25. The van der Waals surface area contributed by atoms with E-state index in [0.29, 0.717) is 5.92 Å². The maximum absolute atomic E-state index is 5.67. The zero-order valence-corrected chi connectivity index (χ0v) is 15.2. The van der Waals surface area contributed by atoms with Crippen molar-refractivity contribution < 1.29 is 4.42 Å². The van der Waals surface area contributed by atoms with E-state index in [2.05, 4.69) is 53.8 Å². The van der Waals surface area contributed by atoms with Gasteiger partial charge in [0, 0.05) is 11.3 Å². The summed E-state index contributed by atoms with van der Waals surface area (Å²) in [5.41, 5.74) is 3.26. The highest BCUT2D eigenvalue weighted by molar-refractivity contribution is 5.74. The van der Waals surface area contributed by atoms with E-state index in [4.69, 9.17) is 9.40 Å². The van der Waals surface area contributed by atoms with Crippen molar-refractivity contribution in [3.63, 3.8) is 0 Å². The Labute approximate surface area is 148 Å². The van der Waals surface area contributed by atoms with E-state index in [0.717, 1.165) is 60.9 Å². The monoisotopic (exact) mass is 338 g/mol. The maximum Gasteiger partial charge on any atom is 0.208 e. The molecule has 0 amide bonds. The number of para-hydroxylation sites is 2. The molecule has 0 aliphatic carbocycles. The molecule has 0 saturated carbocycles. The number of fused-ring (bicyclic) bond motifs is 1. The van der Waals surface area contributed by atoms with Gasteiger partial charge >= 0.3 is 0 Å². The number of oxazole rings is 1. The van der Waals surface area contributed by atoms with E-state index in [1.54, 1.807) is 6.26 Å². The molecule has 132 valence electrons. The number of piperidine rings is 1. The van der Waals surface area contributed by atoms with Gasteiger partial charge in [-0.3, -0.25) is 4.90 Å². The van der Waals surface area contributed by atoms with Crippen LogP contribution in [0.4, 0.5) is 0 Å². The second-order valence-corrected chi connectivity index (χ2v) is 8.07. The second-order valence-electron chi connectivity index (χ2n) is 8.07. The minimum Gasteiger partial charge on any atom is -0.447 e. The predicted octanol–water partition coefficient (Wildman–Crippen LogP) is 4.23. The number of H-pyrrole nitrogens is 1. The fourth-order valence-corrected chi connectivity index (χ4v) is 3.45. The van der Waals surface area contributed by atoms with Crippen molar-refractivity contribution >= 4 is 11.0 Å². The standard InChI is InChI=1S/C20H26N4O/c1-20(2,3)17-13-25-18(23-17)12-24-10-8-14(9-11-24)19-21-15-6-4-5-7-16(15)22-19/h4-7,13-14H,8-12H2,1-3H3,(H,21,22). The molecule has 2 aromatic heterocycles. The Kier molecular flexibility index (Phi) is 4.12. The molecule has 1 aliphatic rings. The molecule has 1 aliphatic heterocycles. The van der Waals surface area contributed by atoms with Gasteiger partial charge in [-0.1, -0.05) is 32.9 Å². The summed E-state index contributed by atoms with van der Waals surface area (Å²) < 4.78 is 5.67. The number of hydrogen-bond donors (Lipinski definition) is 1. The fourth-order valence-electron chi connectivity index (χ4n) is 3.45. The fraction of sp³-hybridized carbons (Fsp3) is 0.500. The molecule has 1 saturated heterocycles. The largest absolute Gasteiger partial charge is 0.447 e. The summed E-state index contributed by atoms with van der Waals surface area (Å²) in [4.78, 5) is 15.3. The van der Waals surface area contributed by atoms with E-state index in [-0.39, 0.29) is 5.41 Å². The van der Waals surface area contributed by atoms with E-state index in [9.17, 15) is 0 Å². The lowest BCUT2D eigenvalue weighted by Gasteiger charge is -2.30. The van der Waals surface area contributed by atoms with Crippen LogP contribution in [0.15, 0.2) is 34.9 Å². The van der Waals surface area contributed by atoms with Crippen LogP contribution in [0.1, 0.15) is 56.9 Å². The Morgan fingerprint density at radius 2 is 1.92 bits per heavy atom. The normalized spacial score (nSPS) is 17.4. The summed E-state index contributed by atoms with van der Waals surface area (Å²) in [5.74, 6) is 2.47. The van der Waals surface area contributed by atoms with Gasteiger partial charge in [0.05, 0.1) is 23.3 Å². The first-order valence-electron chi connectivity index (χ1n) is 9.11. The van der Waals surface area contributed by atoms with Gasteiger partial charge in [0.2, 0.25) is 5.89 Å². The summed E-state index contributed by atoms with van der Waals surface area (Å²) >= 11 is 0. The molecule has 5 heteroatoms. The molecule has 4 rings (SSSR count). The summed E-state index contributed by atoms with van der Waals surface area (Å²) in [5, 5.41) is 0. The molecule has 0 spiro atoms. The number of likely N-dealkylation sites (tertiary alicyclic amines) is 1. The van der Waals surface area contributed by atoms with Gasteiger partial charge in [0.1, 0.15) is 12.1 Å². The van der Waals surface area contributed by atoms with Crippen LogP contribution in [-0.2, 0) is 12.0 Å². The van der Waals surface area contributed by atoms with Gasteiger partial charge in [0.15, 0.2) is 0 Å². The molecule has 25 heavy (non-hydrogen) atoms. The number of aromatic amines is 1. The third kappa shape index (κ3) is 3.47. The van der Waals surface area contributed by atoms with E-state index >= 15 is 0 Å². The molecule has 3 heterocycles. The van der Waals surface area contributed by atoms with Crippen molar-refractivity contribution in [2.45, 2.75) is 51.5 Å². The minimum atomic E-state index is 0.0377. The third-order valence-electron chi connectivity index (χ3n) is 5.06. The third-order valence-corrected chi connectivity index (χ3v) is 5.06. The van der Waals surface area contributed by atoms with Crippen molar-refractivity contribution in [2.24, 2.45) is 0 Å². The van der Waals surface area contributed by atoms with Gasteiger partial charge in [-0.15, -0.1) is 0 Å². The Bertz CT molecular complexity index is 817. The molecule has 0 atom stereocenters. The zero-order valence-electron chi connectivity index (χ0n) is 15.2. The summed E-state index contributed by atoms with van der Waals surface area (Å²) in [7, 11) is 0. The molecular weight excluding hydrogens is 312 g/mol. The van der Waals surface area contributed by atoms with E-state index in [1.807, 2.05) is 6.07 Å². The smallest absolute Gasteiger partial charge is 0.208 e. The predicted molar refractivity (Wildman–Crippen MR) is 98.5 cm³/mol. The number of rotatable bonds is 3. The number of nitrogens with one attached hydrogen (secondary N) is 1. The van der Waals surface area contributed by atoms with Crippen molar-refractivity contribution in [2.75, 3.05) is 13.1 Å². The van der Waals surface area contributed by atoms with Crippen LogP contribution in [0, 0.1) is 0 Å². The van der Waals surface area contributed by atoms with E-state index < -0.39 is 0 Å². The molecule has 1 N–H and O–H groups in total. The average Bonchev–Trinajstić information content (AvgIpc) is 3.21. The van der Waals surface area contributed by atoms with Gasteiger partial charge in [0.25, 0.3) is 0 Å². The quantitative estimate of drug-likeness (QED) is 0.776. The highest BCUT2D eigenvalue weighted by atomic mass is 16.3. The number of imidazole rings is 1. The average molecular weight is 338 g/mol. The maximum atomic E-state index is 5.67. The zero-order chi connectivity index (χ0) is 17.4. The lowest BCUT2D eigenvalue weighted by Crippen LogP contribution is -2.32. The van der Waals surface area contributed by atoms with E-state index in [1.165, 1.54) is 0 Å².